The van der Waals surface area contributed by atoms with E-state index in [2.05, 4.69) is 176 Å². The van der Waals surface area contributed by atoms with Crippen LogP contribution in [0.5, 0.6) is 5.75 Å². The van der Waals surface area contributed by atoms with E-state index in [-0.39, 0.29) is 17.4 Å². The van der Waals surface area contributed by atoms with Crippen LogP contribution in [0.25, 0.3) is 50.3 Å². The van der Waals surface area contributed by atoms with Gasteiger partial charge >= 0.3 is 0 Å². The smallest absolute Gasteiger partial charge is 0.159 e. The summed E-state index contributed by atoms with van der Waals surface area (Å²) >= 11 is 0. The molecule has 0 amide bonds. The van der Waals surface area contributed by atoms with E-state index < -0.39 is 0 Å². The molecule has 0 spiro atoms. The lowest BCUT2D eigenvalue weighted by atomic mass is 9.80. The van der Waals surface area contributed by atoms with Crippen LogP contribution in [-0.4, -0.2) is 0 Å². The molecule has 0 fully saturated rings. The highest BCUT2D eigenvalue weighted by Crippen LogP contribution is 2.58. The van der Waals surface area contributed by atoms with Crippen LogP contribution in [-0.2, 0) is 5.41 Å². The van der Waals surface area contributed by atoms with Gasteiger partial charge in [0, 0.05) is 38.8 Å². The highest BCUT2D eigenvalue weighted by atomic mass is 16.5. The number of nitrogens with zero attached hydrogens (tertiary/aromatic N) is 1. The molecule has 0 saturated heterocycles. The predicted octanol–water partition coefficient (Wildman–Crippen LogP) is 13.3. The van der Waals surface area contributed by atoms with Crippen LogP contribution in [0.15, 0.2) is 162 Å². The second-order valence-electron chi connectivity index (χ2n) is 14.7. The van der Waals surface area contributed by atoms with Gasteiger partial charge in [0.05, 0.1) is 17.1 Å². The minimum Gasteiger partial charge on any atom is -0.484 e. The zero-order valence-electron chi connectivity index (χ0n) is 29.0. The number of hydrogen-bond donors (Lipinski definition) is 0. The van der Waals surface area contributed by atoms with E-state index in [9.17, 15) is 0 Å². The molecule has 2 unspecified atom stereocenters. The Balaban J connectivity index is 1.19. The Bertz CT molecular complexity index is 2780. The van der Waals surface area contributed by atoms with Crippen molar-refractivity contribution in [2.24, 2.45) is 0 Å². The Morgan fingerprint density at radius 3 is 2.17 bits per heavy atom. The molecule has 1 aromatic heterocycles. The molecular weight excluding hydrogens is 635 g/mol. The minimum absolute atomic E-state index is 0.0541. The van der Waals surface area contributed by atoms with Crippen LogP contribution in [0.4, 0.5) is 17.1 Å². The van der Waals surface area contributed by atoms with Gasteiger partial charge in [0.25, 0.3) is 0 Å². The standard InChI is InChI=1S/C49H35NO2/c1-49(2)39-22-8-5-16-32(39)36-20-11-24-41(46(36)49)50(42-25-12-21-37-34-18-7-10-26-43(34)51-48(37)42)40-23-9-6-17-33(40)35-19-13-27-44-45(35)38-29-28-30-14-3-4-15-31(30)47(38)52-44/h3-29,38,47H,1-2H3. The van der Waals surface area contributed by atoms with E-state index in [1.807, 2.05) is 6.07 Å². The number of rotatable bonds is 4. The van der Waals surface area contributed by atoms with Crippen LogP contribution < -0.4 is 9.64 Å². The van der Waals surface area contributed by atoms with Gasteiger partial charge in [-0.1, -0.05) is 147 Å². The van der Waals surface area contributed by atoms with Gasteiger partial charge in [-0.15, -0.1) is 0 Å². The van der Waals surface area contributed by atoms with Crippen LogP contribution in [0.3, 0.4) is 0 Å². The van der Waals surface area contributed by atoms with E-state index in [0.717, 1.165) is 50.3 Å². The van der Waals surface area contributed by atoms with Crippen LogP contribution in [0.1, 0.15) is 53.7 Å². The van der Waals surface area contributed by atoms with Crippen molar-refractivity contribution >= 4 is 45.1 Å². The first-order valence-corrected chi connectivity index (χ1v) is 18.2. The Morgan fingerprint density at radius 2 is 1.23 bits per heavy atom. The maximum atomic E-state index is 6.80. The number of hydrogen-bond acceptors (Lipinski definition) is 3. The molecule has 2 atom stereocenters. The second-order valence-corrected chi connectivity index (χ2v) is 14.7. The highest BCUT2D eigenvalue weighted by Gasteiger charge is 2.41. The lowest BCUT2D eigenvalue weighted by Gasteiger charge is -2.33. The molecule has 8 aromatic rings. The van der Waals surface area contributed by atoms with E-state index in [4.69, 9.17) is 9.15 Å². The van der Waals surface area contributed by atoms with Gasteiger partial charge in [0.15, 0.2) is 5.58 Å². The maximum absolute atomic E-state index is 6.80. The Morgan fingerprint density at radius 1 is 0.558 bits per heavy atom. The van der Waals surface area contributed by atoms with Gasteiger partial charge in [-0.3, -0.25) is 0 Å². The molecule has 52 heavy (non-hydrogen) atoms. The molecule has 0 radical (unpaired) electrons. The first-order chi connectivity index (χ1) is 25.6. The number of para-hydroxylation sites is 3. The summed E-state index contributed by atoms with van der Waals surface area (Å²) in [7, 11) is 0. The third-order valence-electron chi connectivity index (χ3n) is 11.6. The first-order valence-electron chi connectivity index (χ1n) is 18.2. The lowest BCUT2D eigenvalue weighted by Crippen LogP contribution is -2.21. The lowest BCUT2D eigenvalue weighted by molar-refractivity contribution is 0.223. The fourth-order valence-electron chi connectivity index (χ4n) is 9.37. The molecule has 2 heterocycles. The van der Waals surface area contributed by atoms with E-state index in [1.54, 1.807) is 0 Å². The van der Waals surface area contributed by atoms with Crippen molar-refractivity contribution in [1.29, 1.82) is 0 Å². The van der Waals surface area contributed by atoms with Crippen molar-refractivity contribution in [2.75, 3.05) is 4.90 Å². The van der Waals surface area contributed by atoms with Gasteiger partial charge < -0.3 is 14.1 Å². The number of ether oxygens (including phenoxy) is 1. The molecule has 0 saturated carbocycles. The fraction of sp³-hybridized carbons (Fsp3) is 0.102. The molecule has 2 aliphatic carbocycles. The van der Waals surface area contributed by atoms with Gasteiger partial charge in [-0.2, -0.15) is 0 Å². The van der Waals surface area contributed by atoms with Crippen molar-refractivity contribution < 1.29 is 9.15 Å². The predicted molar refractivity (Wildman–Crippen MR) is 213 cm³/mol. The van der Waals surface area contributed by atoms with Crippen molar-refractivity contribution in [3.8, 4) is 28.0 Å². The zero-order chi connectivity index (χ0) is 34.6. The summed E-state index contributed by atoms with van der Waals surface area (Å²) in [4.78, 5) is 2.46. The Hall–Kier alpha value is -6.32. The molecule has 3 nitrogen and oxygen atoms in total. The van der Waals surface area contributed by atoms with Gasteiger partial charge in [0.2, 0.25) is 0 Å². The van der Waals surface area contributed by atoms with Gasteiger partial charge in [-0.25, -0.2) is 0 Å². The number of anilines is 3. The number of fused-ring (bicyclic) bond motifs is 11. The summed E-state index contributed by atoms with van der Waals surface area (Å²) in [5.74, 6) is 1.06. The summed E-state index contributed by atoms with van der Waals surface area (Å²) in [5, 5.41) is 2.22. The van der Waals surface area contributed by atoms with Crippen LogP contribution in [0, 0.1) is 0 Å². The number of benzene rings is 7. The van der Waals surface area contributed by atoms with Crippen molar-refractivity contribution in [3.63, 3.8) is 0 Å². The van der Waals surface area contributed by atoms with Crippen LogP contribution in [0.2, 0.25) is 0 Å². The van der Waals surface area contributed by atoms with Crippen LogP contribution >= 0.6 is 0 Å². The minimum atomic E-state index is -0.229. The maximum Gasteiger partial charge on any atom is 0.159 e. The molecule has 0 N–H and O–H groups in total. The van der Waals surface area contributed by atoms with Crippen molar-refractivity contribution in [1.82, 2.24) is 0 Å². The van der Waals surface area contributed by atoms with Crippen molar-refractivity contribution in [2.45, 2.75) is 31.3 Å². The average Bonchev–Trinajstić information content (AvgIpc) is 3.84. The molecule has 7 aromatic carbocycles. The molecule has 11 rings (SSSR count). The number of furan rings is 1. The van der Waals surface area contributed by atoms with Gasteiger partial charge in [-0.05, 0) is 63.7 Å². The molecule has 3 aliphatic rings. The third kappa shape index (κ3) is 4.02. The summed E-state index contributed by atoms with van der Waals surface area (Å²) in [6.07, 6.45) is 4.54. The summed E-state index contributed by atoms with van der Waals surface area (Å²) in [6, 6.07) is 54.6. The largest absolute Gasteiger partial charge is 0.484 e. The molecule has 3 heteroatoms. The second kappa shape index (κ2) is 10.8. The van der Waals surface area contributed by atoms with E-state index >= 15 is 0 Å². The quantitative estimate of drug-likeness (QED) is 0.186. The Labute approximate surface area is 303 Å². The topological polar surface area (TPSA) is 25.6 Å². The van der Waals surface area contributed by atoms with Crippen molar-refractivity contribution in [3.05, 3.63) is 186 Å². The molecule has 0 bridgehead atoms. The molecule has 248 valence electrons. The van der Waals surface area contributed by atoms with E-state index in [0.29, 0.717) is 0 Å². The summed E-state index contributed by atoms with van der Waals surface area (Å²) in [5.41, 5.74) is 16.0. The monoisotopic (exact) mass is 669 g/mol. The van der Waals surface area contributed by atoms with Gasteiger partial charge in [0.1, 0.15) is 17.4 Å². The zero-order valence-corrected chi connectivity index (χ0v) is 29.0. The average molecular weight is 670 g/mol. The summed E-state index contributed by atoms with van der Waals surface area (Å²) < 4.78 is 13.6. The molecule has 1 aliphatic heterocycles. The SMILES string of the molecule is CC1(C)c2ccccc2-c2cccc(N(c3ccccc3-c3cccc4c3C3C=Cc5ccccc5C3O4)c3cccc4c3oc3ccccc34)c21. The first kappa shape index (κ1) is 29.4. The fourth-order valence-corrected chi connectivity index (χ4v) is 9.37. The summed E-state index contributed by atoms with van der Waals surface area (Å²) in [6.45, 7) is 4.73. The highest BCUT2D eigenvalue weighted by molar-refractivity contribution is 6.11. The third-order valence-corrected chi connectivity index (χ3v) is 11.6. The Kier molecular flexibility index (Phi) is 6.13. The van der Waals surface area contributed by atoms with E-state index in [1.165, 1.54) is 44.5 Å². The molecular formula is C49H35NO2. The normalized spacial score (nSPS) is 17.3.